The molecule has 2 atom stereocenters. The van der Waals surface area contributed by atoms with Crippen LogP contribution in [-0.2, 0) is 21.7 Å². The van der Waals surface area contributed by atoms with Crippen LogP contribution in [0.2, 0.25) is 19.6 Å². The van der Waals surface area contributed by atoms with Crippen LogP contribution in [0.25, 0.3) is 44.2 Å². The van der Waals surface area contributed by atoms with Gasteiger partial charge in [0.25, 0.3) is 0 Å². The fourth-order valence-corrected chi connectivity index (χ4v) is 14.4. The molecular weight excluding hydrogens is 907 g/mol. The molecule has 13 rings (SSSR count). The van der Waals surface area contributed by atoms with Gasteiger partial charge in [0.1, 0.15) is 0 Å². The Labute approximate surface area is 440 Å². The minimum Gasteiger partial charge on any atom is -0.310 e. The standard InChI is InChI=1S/C72H65NSi/c1-46-24-25-47-26-32-53(41-48(47)40-46)73(54-33-37-60-57-20-14-16-22-63(57)71(66(60)43-54,50-18-12-11-13-19-50)51-29-27-49(28-30-51)69(2,3)4)55-34-38-61-62-39-35-56(74(8,9)10)45-68(62)72(67(61)44-55)64-23-17-15-21-58(64)59-36-31-52(42-65(59)72)70(5,6)7/h11-45H,1-10H3. The molecule has 3 aliphatic carbocycles. The monoisotopic (exact) mass is 971 g/mol. The molecule has 0 fully saturated rings. The van der Waals surface area contributed by atoms with Gasteiger partial charge >= 0.3 is 0 Å². The van der Waals surface area contributed by atoms with Gasteiger partial charge in [0.05, 0.1) is 18.9 Å². The smallest absolute Gasteiger partial charge is 0.0776 e. The first-order chi connectivity index (χ1) is 35.5. The van der Waals surface area contributed by atoms with Crippen LogP contribution >= 0.6 is 0 Å². The van der Waals surface area contributed by atoms with E-state index < -0.39 is 18.9 Å². The van der Waals surface area contributed by atoms with Crippen LogP contribution in [0.3, 0.4) is 0 Å². The Bertz CT molecular complexity index is 3890. The van der Waals surface area contributed by atoms with Crippen LogP contribution in [0, 0.1) is 6.92 Å². The molecule has 362 valence electrons. The molecule has 0 bridgehead atoms. The van der Waals surface area contributed by atoms with Crippen molar-refractivity contribution in [3.8, 4) is 33.4 Å². The normalized spacial score (nSPS) is 17.2. The third-order valence-corrected chi connectivity index (χ3v) is 19.1. The molecule has 0 radical (unpaired) electrons. The van der Waals surface area contributed by atoms with Gasteiger partial charge in [-0.05, 0) is 154 Å². The van der Waals surface area contributed by atoms with Crippen molar-refractivity contribution in [2.24, 2.45) is 0 Å². The number of fused-ring (bicyclic) bond motifs is 14. The van der Waals surface area contributed by atoms with Gasteiger partial charge in [-0.3, -0.25) is 0 Å². The maximum Gasteiger partial charge on any atom is 0.0776 e. The maximum atomic E-state index is 2.62. The molecule has 0 aromatic heterocycles. The van der Waals surface area contributed by atoms with E-state index in [2.05, 4.69) is 285 Å². The summed E-state index contributed by atoms with van der Waals surface area (Å²) in [6.07, 6.45) is 0. The van der Waals surface area contributed by atoms with Crippen molar-refractivity contribution < 1.29 is 0 Å². The summed E-state index contributed by atoms with van der Waals surface area (Å²) in [5.41, 5.74) is 24.8. The summed E-state index contributed by atoms with van der Waals surface area (Å²) >= 11 is 0. The van der Waals surface area contributed by atoms with Gasteiger partial charge in [0.2, 0.25) is 0 Å². The third-order valence-electron chi connectivity index (χ3n) is 17.1. The number of anilines is 3. The van der Waals surface area contributed by atoms with Gasteiger partial charge in [-0.25, -0.2) is 0 Å². The van der Waals surface area contributed by atoms with E-state index in [1.54, 1.807) is 0 Å². The molecule has 74 heavy (non-hydrogen) atoms. The SMILES string of the molecule is Cc1ccc2ccc(N(c3ccc4c(c3)C(c3ccccc3)(c3ccc(C(C)(C)C)cc3)c3ccccc3-4)c3ccc4c(c3)C3(c5ccccc5-c5ccc(C(C)(C)C)cc53)c3cc([Si](C)(C)C)ccc3-4)cc2c1. The molecule has 10 aromatic rings. The lowest BCUT2D eigenvalue weighted by Crippen LogP contribution is -2.38. The zero-order valence-electron chi connectivity index (χ0n) is 44.7. The van der Waals surface area contributed by atoms with Crippen LogP contribution < -0.4 is 10.1 Å². The number of hydrogen-bond donors (Lipinski definition) is 0. The van der Waals surface area contributed by atoms with E-state index in [0.29, 0.717) is 0 Å². The molecule has 0 amide bonds. The molecule has 1 nitrogen and oxygen atoms in total. The van der Waals surface area contributed by atoms with E-state index in [-0.39, 0.29) is 10.8 Å². The fourth-order valence-electron chi connectivity index (χ4n) is 13.3. The number of nitrogens with zero attached hydrogens (tertiary/aromatic N) is 1. The summed E-state index contributed by atoms with van der Waals surface area (Å²) in [5.74, 6) is 0. The molecule has 2 unspecified atom stereocenters. The summed E-state index contributed by atoms with van der Waals surface area (Å²) in [7, 11) is -1.73. The molecule has 1 spiro atoms. The molecule has 0 heterocycles. The highest BCUT2D eigenvalue weighted by Crippen LogP contribution is 2.64. The zero-order valence-corrected chi connectivity index (χ0v) is 45.7. The van der Waals surface area contributed by atoms with Crippen molar-refractivity contribution in [1.82, 2.24) is 0 Å². The van der Waals surface area contributed by atoms with E-state index in [0.717, 1.165) is 17.1 Å². The highest BCUT2D eigenvalue weighted by molar-refractivity contribution is 6.88. The topological polar surface area (TPSA) is 3.24 Å². The first-order valence-electron chi connectivity index (χ1n) is 26.7. The third kappa shape index (κ3) is 6.73. The molecule has 10 aromatic carbocycles. The van der Waals surface area contributed by atoms with Crippen LogP contribution in [0.1, 0.15) is 103 Å². The van der Waals surface area contributed by atoms with Gasteiger partial charge in [0.15, 0.2) is 0 Å². The van der Waals surface area contributed by atoms with Crippen LogP contribution in [0.4, 0.5) is 17.1 Å². The lowest BCUT2D eigenvalue weighted by Gasteiger charge is -2.36. The van der Waals surface area contributed by atoms with E-state index in [1.807, 2.05) is 0 Å². The van der Waals surface area contributed by atoms with Crippen LogP contribution in [0.5, 0.6) is 0 Å². The Morgan fingerprint density at radius 3 is 1.39 bits per heavy atom. The van der Waals surface area contributed by atoms with E-state index >= 15 is 0 Å². The molecule has 3 aliphatic rings. The van der Waals surface area contributed by atoms with Gasteiger partial charge in [0, 0.05) is 17.1 Å². The largest absolute Gasteiger partial charge is 0.310 e. The zero-order chi connectivity index (χ0) is 51.1. The molecule has 0 aliphatic heterocycles. The number of aryl methyl sites for hydroxylation is 1. The van der Waals surface area contributed by atoms with Gasteiger partial charge < -0.3 is 4.90 Å². The first-order valence-corrected chi connectivity index (χ1v) is 30.2. The van der Waals surface area contributed by atoms with Crippen molar-refractivity contribution in [3.63, 3.8) is 0 Å². The van der Waals surface area contributed by atoms with Crippen LogP contribution in [-0.4, -0.2) is 8.07 Å². The van der Waals surface area contributed by atoms with Crippen molar-refractivity contribution in [3.05, 3.63) is 274 Å². The van der Waals surface area contributed by atoms with Gasteiger partial charge in [-0.1, -0.05) is 248 Å². The second kappa shape index (κ2) is 16.2. The molecule has 0 saturated carbocycles. The predicted molar refractivity (Wildman–Crippen MR) is 317 cm³/mol. The average Bonchev–Trinajstić information content (AvgIpc) is 3.99. The summed E-state index contributed by atoms with van der Waals surface area (Å²) in [5, 5.41) is 3.96. The number of hydrogen-bond acceptors (Lipinski definition) is 1. The predicted octanol–water partition coefficient (Wildman–Crippen LogP) is 18.5. The van der Waals surface area contributed by atoms with E-state index in [1.165, 1.54) is 111 Å². The Morgan fingerprint density at radius 2 is 0.784 bits per heavy atom. The van der Waals surface area contributed by atoms with E-state index in [9.17, 15) is 0 Å². The molecule has 0 N–H and O–H groups in total. The van der Waals surface area contributed by atoms with Crippen LogP contribution in [0.15, 0.2) is 212 Å². The highest BCUT2D eigenvalue weighted by Gasteiger charge is 2.53. The Morgan fingerprint density at radius 1 is 0.338 bits per heavy atom. The highest BCUT2D eigenvalue weighted by atomic mass is 28.3. The van der Waals surface area contributed by atoms with E-state index in [4.69, 9.17) is 0 Å². The van der Waals surface area contributed by atoms with Gasteiger partial charge in [-0.2, -0.15) is 0 Å². The molecular formula is C72H65NSi. The second-order valence-electron chi connectivity index (χ2n) is 24.6. The number of benzene rings is 10. The summed E-state index contributed by atoms with van der Waals surface area (Å²) in [4.78, 5) is 2.56. The first kappa shape index (κ1) is 46.3. The minimum absolute atomic E-state index is 0.0277. The van der Waals surface area contributed by atoms with Crippen molar-refractivity contribution in [2.45, 2.75) is 89.8 Å². The Kier molecular flexibility index (Phi) is 10.2. The van der Waals surface area contributed by atoms with Crippen molar-refractivity contribution in [1.29, 1.82) is 0 Å². The Hall–Kier alpha value is -7.52. The quantitative estimate of drug-likeness (QED) is 0.150. The minimum atomic E-state index is -1.73. The maximum absolute atomic E-state index is 2.62. The van der Waals surface area contributed by atoms with Crippen molar-refractivity contribution in [2.75, 3.05) is 4.90 Å². The molecule has 0 saturated heterocycles. The number of rotatable bonds is 6. The summed E-state index contributed by atoms with van der Waals surface area (Å²) in [6.45, 7) is 23.6. The van der Waals surface area contributed by atoms with Crippen molar-refractivity contribution >= 4 is 41.1 Å². The van der Waals surface area contributed by atoms with Gasteiger partial charge in [-0.15, -0.1) is 0 Å². The summed E-state index contributed by atoms with van der Waals surface area (Å²) in [6, 6.07) is 82.8. The second-order valence-corrected chi connectivity index (χ2v) is 29.7. The average molecular weight is 972 g/mol. The lowest BCUT2D eigenvalue weighted by atomic mass is 9.67. The fraction of sp³-hybridized carbons (Fsp3) is 0.194. The summed E-state index contributed by atoms with van der Waals surface area (Å²) < 4.78 is 0. The molecule has 2 heteroatoms. The lowest BCUT2D eigenvalue weighted by molar-refractivity contribution is 0.588. The Balaban J connectivity index is 1.11.